The summed E-state index contributed by atoms with van der Waals surface area (Å²) in [6.45, 7) is 2.59. The SMILES string of the molecule is COc1cc2nc[nH]c(=O)c2cc1OC(C)=O.COc1cc2ncnc(Cl)c2cc1OC(C)=O.O=S(Cl)Cl. The summed E-state index contributed by atoms with van der Waals surface area (Å²) in [4.78, 5) is 47.8. The number of H-pyrrole nitrogens is 1. The van der Waals surface area contributed by atoms with Crippen LogP contribution in [0.5, 0.6) is 23.0 Å². The number of ether oxygens (including phenoxy) is 4. The number of aromatic nitrogens is 4. The molecule has 0 aliphatic rings. The molecule has 4 aromatic rings. The molecule has 0 atom stereocenters. The Morgan fingerprint density at radius 3 is 1.76 bits per heavy atom. The topological polar surface area (TPSA) is 160 Å². The van der Waals surface area contributed by atoms with Gasteiger partial charge in [-0.15, -0.1) is 0 Å². The molecule has 0 aliphatic heterocycles. The Bertz CT molecular complexity index is 1550. The quantitative estimate of drug-likeness (QED) is 0.154. The molecule has 0 spiro atoms. The molecular weight excluding hydrogens is 587 g/mol. The van der Waals surface area contributed by atoms with Crippen LogP contribution in [0.3, 0.4) is 0 Å². The molecule has 0 saturated carbocycles. The number of carbonyl (C=O) groups excluding carboxylic acids is 2. The van der Waals surface area contributed by atoms with Gasteiger partial charge in [-0.25, -0.2) is 19.2 Å². The van der Waals surface area contributed by atoms with Gasteiger partial charge in [-0.1, -0.05) is 11.6 Å². The lowest BCUT2D eigenvalue weighted by molar-refractivity contribution is -0.132. The zero-order chi connectivity index (χ0) is 28.4. The van der Waals surface area contributed by atoms with Crippen molar-refractivity contribution in [2.45, 2.75) is 13.8 Å². The lowest BCUT2D eigenvalue weighted by Crippen LogP contribution is -2.08. The monoisotopic (exact) mass is 604 g/mol. The Morgan fingerprint density at radius 1 is 0.816 bits per heavy atom. The van der Waals surface area contributed by atoms with Gasteiger partial charge in [0.25, 0.3) is 5.56 Å². The van der Waals surface area contributed by atoms with Crippen LogP contribution >= 0.6 is 33.0 Å². The van der Waals surface area contributed by atoms with Crippen molar-refractivity contribution in [3.63, 3.8) is 0 Å². The average Bonchev–Trinajstić information content (AvgIpc) is 2.84. The molecule has 12 nitrogen and oxygen atoms in total. The van der Waals surface area contributed by atoms with Crippen LogP contribution in [0.2, 0.25) is 5.15 Å². The molecule has 4 rings (SSSR count). The van der Waals surface area contributed by atoms with Crippen LogP contribution in [-0.2, 0) is 18.8 Å². The van der Waals surface area contributed by atoms with E-state index in [1.807, 2.05) is 0 Å². The molecule has 0 aliphatic carbocycles. The fourth-order valence-electron chi connectivity index (χ4n) is 2.90. The van der Waals surface area contributed by atoms with Crippen molar-refractivity contribution in [3.05, 3.63) is 52.4 Å². The van der Waals surface area contributed by atoms with E-state index in [-0.39, 0.29) is 11.3 Å². The zero-order valence-corrected chi connectivity index (χ0v) is 23.2. The number of methoxy groups -OCH3 is 2. The van der Waals surface area contributed by atoms with E-state index in [1.165, 1.54) is 46.8 Å². The van der Waals surface area contributed by atoms with Gasteiger partial charge in [0.05, 0.1) is 37.0 Å². The highest BCUT2D eigenvalue weighted by Gasteiger charge is 2.13. The average molecular weight is 606 g/mol. The number of nitrogens with zero attached hydrogens (tertiary/aromatic N) is 3. The fourth-order valence-corrected chi connectivity index (χ4v) is 3.09. The maximum atomic E-state index is 11.5. The van der Waals surface area contributed by atoms with Gasteiger partial charge in [0, 0.05) is 52.7 Å². The highest BCUT2D eigenvalue weighted by Crippen LogP contribution is 2.34. The van der Waals surface area contributed by atoms with Crippen molar-refractivity contribution < 1.29 is 32.7 Å². The summed E-state index contributed by atoms with van der Waals surface area (Å²) in [6.07, 6.45) is 2.66. The third-order valence-corrected chi connectivity index (χ3v) is 4.61. The summed E-state index contributed by atoms with van der Waals surface area (Å²) in [6, 6.07) is 6.20. The first kappa shape index (κ1) is 30.7. The second kappa shape index (κ2) is 14.4. The van der Waals surface area contributed by atoms with Crippen LogP contribution in [0, 0.1) is 0 Å². The van der Waals surface area contributed by atoms with Crippen molar-refractivity contribution in [1.29, 1.82) is 0 Å². The van der Waals surface area contributed by atoms with E-state index in [0.29, 0.717) is 44.2 Å². The Balaban J connectivity index is 0.000000234. The Labute approximate surface area is 231 Å². The highest BCUT2D eigenvalue weighted by molar-refractivity contribution is 8.26. The number of hydrogen-bond acceptors (Lipinski definition) is 11. The number of carbonyl (C=O) groups is 2. The van der Waals surface area contributed by atoms with E-state index >= 15 is 0 Å². The molecule has 0 fully saturated rings. The largest absolute Gasteiger partial charge is 0.493 e. The molecule has 2 aromatic heterocycles. The fraction of sp³-hybridized carbons (Fsp3) is 0.182. The molecule has 38 heavy (non-hydrogen) atoms. The van der Waals surface area contributed by atoms with Gasteiger partial charge in [-0.3, -0.25) is 14.4 Å². The van der Waals surface area contributed by atoms with Crippen LogP contribution in [0.15, 0.2) is 41.7 Å². The van der Waals surface area contributed by atoms with E-state index in [1.54, 1.807) is 18.2 Å². The summed E-state index contributed by atoms with van der Waals surface area (Å²) in [7, 11) is 10.3. The molecule has 2 aromatic carbocycles. The van der Waals surface area contributed by atoms with Gasteiger partial charge in [0.15, 0.2) is 23.0 Å². The zero-order valence-electron chi connectivity index (χ0n) is 20.1. The van der Waals surface area contributed by atoms with Gasteiger partial charge >= 0.3 is 11.9 Å². The van der Waals surface area contributed by atoms with Gasteiger partial charge in [-0.2, -0.15) is 0 Å². The summed E-state index contributed by atoms with van der Waals surface area (Å²) in [5, 5.41) is 1.24. The number of aromatic amines is 1. The number of benzene rings is 2. The van der Waals surface area contributed by atoms with Crippen LogP contribution in [-0.4, -0.2) is 50.3 Å². The lowest BCUT2D eigenvalue weighted by Gasteiger charge is -2.09. The number of rotatable bonds is 4. The summed E-state index contributed by atoms with van der Waals surface area (Å²) < 4.78 is 29.2. The third kappa shape index (κ3) is 8.80. The van der Waals surface area contributed by atoms with Crippen LogP contribution in [0.1, 0.15) is 13.8 Å². The molecule has 202 valence electrons. The van der Waals surface area contributed by atoms with Gasteiger partial charge in [-0.05, 0) is 12.1 Å². The van der Waals surface area contributed by atoms with E-state index in [4.69, 9.17) is 34.8 Å². The van der Waals surface area contributed by atoms with Gasteiger partial charge < -0.3 is 23.9 Å². The summed E-state index contributed by atoms with van der Waals surface area (Å²) in [5.41, 5.74) is 0.797. The Hall–Kier alpha value is -3.52. The molecular formula is C22H19Cl3N4O8S. The minimum Gasteiger partial charge on any atom is -0.493 e. The normalized spacial score (nSPS) is 10.1. The van der Waals surface area contributed by atoms with Crippen molar-refractivity contribution >= 4 is 75.9 Å². The molecule has 0 amide bonds. The Morgan fingerprint density at radius 2 is 1.29 bits per heavy atom. The minimum atomic E-state index is -1.67. The first-order chi connectivity index (χ1) is 18.0. The molecule has 1 N–H and O–H groups in total. The van der Waals surface area contributed by atoms with Crippen LogP contribution in [0.25, 0.3) is 21.8 Å². The van der Waals surface area contributed by atoms with Crippen molar-refractivity contribution in [3.8, 4) is 23.0 Å². The van der Waals surface area contributed by atoms with Crippen molar-refractivity contribution in [2.24, 2.45) is 0 Å². The molecule has 0 radical (unpaired) electrons. The first-order valence-electron chi connectivity index (χ1n) is 10.1. The van der Waals surface area contributed by atoms with Crippen molar-refractivity contribution in [2.75, 3.05) is 14.2 Å². The number of fused-ring (bicyclic) bond motifs is 2. The summed E-state index contributed by atoms with van der Waals surface area (Å²) >= 11 is 5.93. The second-order valence-corrected chi connectivity index (χ2v) is 9.69. The number of nitrogens with one attached hydrogen (secondary N) is 1. The standard InChI is InChI=1S/C11H9ClN2O3.C11H10N2O4.Cl2OS/c1-6(15)17-10-3-7-8(4-9(10)16-2)13-5-14-11(7)12;1-6(14)17-10-3-7-8(4-9(10)16-2)12-5-13-11(7)15;1-4(2)3/h3-5H,1-2H3;3-5H,1-2H3,(H,12,13,15);. The number of esters is 2. The van der Waals surface area contributed by atoms with Crippen LogP contribution < -0.4 is 24.5 Å². The van der Waals surface area contributed by atoms with Gasteiger partial charge in [0.1, 0.15) is 11.5 Å². The van der Waals surface area contributed by atoms with Crippen molar-refractivity contribution in [1.82, 2.24) is 19.9 Å². The highest BCUT2D eigenvalue weighted by atomic mass is 36.0. The maximum absolute atomic E-state index is 11.5. The Kier molecular flexibility index (Phi) is 11.7. The number of hydrogen-bond donors (Lipinski definition) is 1. The van der Waals surface area contributed by atoms with E-state index < -0.39 is 21.2 Å². The molecule has 16 heteroatoms. The summed E-state index contributed by atoms with van der Waals surface area (Å²) in [5.74, 6) is 0.349. The number of halogens is 3. The molecule has 0 unspecified atom stereocenters. The van der Waals surface area contributed by atoms with Gasteiger partial charge in [0.2, 0.25) is 9.23 Å². The molecule has 2 heterocycles. The molecule has 0 bridgehead atoms. The predicted octanol–water partition coefficient (Wildman–Crippen LogP) is 4.12. The first-order valence-corrected chi connectivity index (χ1v) is 13.3. The lowest BCUT2D eigenvalue weighted by atomic mass is 10.2. The predicted molar refractivity (Wildman–Crippen MR) is 142 cm³/mol. The molecule has 0 saturated heterocycles. The van der Waals surface area contributed by atoms with E-state index in [0.717, 1.165) is 0 Å². The van der Waals surface area contributed by atoms with Crippen LogP contribution in [0.4, 0.5) is 0 Å². The second-order valence-electron chi connectivity index (χ2n) is 6.81. The van der Waals surface area contributed by atoms with E-state index in [9.17, 15) is 14.4 Å². The third-order valence-electron chi connectivity index (χ3n) is 4.31. The minimum absolute atomic E-state index is 0.200. The smallest absolute Gasteiger partial charge is 0.308 e. The maximum Gasteiger partial charge on any atom is 0.308 e. The van der Waals surface area contributed by atoms with E-state index in [2.05, 4.69) is 41.3 Å².